The predicted molar refractivity (Wildman–Crippen MR) is 61.1 cm³/mol. The first kappa shape index (κ1) is 12.8. The van der Waals surface area contributed by atoms with Gasteiger partial charge in [0.25, 0.3) is 0 Å². The van der Waals surface area contributed by atoms with E-state index in [9.17, 15) is 4.79 Å². The quantitative estimate of drug-likeness (QED) is 0.737. The summed E-state index contributed by atoms with van der Waals surface area (Å²) in [4.78, 5) is 11.4. The average molecular weight is 234 g/mol. The lowest BCUT2D eigenvalue weighted by Crippen LogP contribution is -2.36. The highest BCUT2D eigenvalue weighted by Crippen LogP contribution is 2.45. The van der Waals surface area contributed by atoms with Crippen LogP contribution in [0.4, 0.5) is 0 Å². The van der Waals surface area contributed by atoms with Crippen molar-refractivity contribution in [2.75, 3.05) is 19.0 Å². The normalized spacial score (nSPS) is 18.7. The Hall–Kier alpha value is -0.280. The van der Waals surface area contributed by atoms with Crippen LogP contribution in [0.1, 0.15) is 33.6 Å². The summed E-state index contributed by atoms with van der Waals surface area (Å²) in [6.45, 7) is 6.61. The molecule has 1 aliphatic rings. The Morgan fingerprint density at radius 1 is 1.47 bits per heavy atom. The zero-order valence-electron chi connectivity index (χ0n) is 9.73. The molecule has 88 valence electrons. The Kier molecular flexibility index (Phi) is 4.01. The highest BCUT2D eigenvalue weighted by molar-refractivity contribution is 6.18. The van der Waals surface area contributed by atoms with Gasteiger partial charge in [-0.3, -0.25) is 4.79 Å². The lowest BCUT2D eigenvalue weighted by molar-refractivity contribution is -0.130. The average Bonchev–Trinajstić information content (AvgIpc) is 2.91. The van der Waals surface area contributed by atoms with Crippen molar-refractivity contribution in [3.8, 4) is 0 Å². The van der Waals surface area contributed by atoms with Crippen LogP contribution in [0.5, 0.6) is 0 Å². The van der Waals surface area contributed by atoms with E-state index in [0.717, 1.165) is 12.8 Å². The van der Waals surface area contributed by atoms with Crippen LogP contribution in [0.2, 0.25) is 0 Å². The highest BCUT2D eigenvalue weighted by Gasteiger charge is 2.41. The second kappa shape index (κ2) is 4.71. The summed E-state index contributed by atoms with van der Waals surface area (Å²) in [6.07, 6.45) is 2.24. The van der Waals surface area contributed by atoms with Crippen LogP contribution in [0.15, 0.2) is 0 Å². The Labute approximate surface area is 96.5 Å². The predicted octanol–water partition coefficient (Wildman–Crippen LogP) is 1.94. The molecule has 0 saturated heterocycles. The minimum atomic E-state index is -0.263. The molecule has 0 aromatic carbocycles. The minimum absolute atomic E-state index is 0.0543. The molecule has 0 aromatic rings. The van der Waals surface area contributed by atoms with E-state index in [1.807, 2.05) is 20.8 Å². The number of rotatable bonds is 5. The molecule has 1 amide bonds. The number of carbonyl (C=O) groups is 1. The van der Waals surface area contributed by atoms with Crippen LogP contribution < -0.4 is 5.32 Å². The highest BCUT2D eigenvalue weighted by atomic mass is 35.5. The van der Waals surface area contributed by atoms with Crippen molar-refractivity contribution in [1.82, 2.24) is 5.32 Å². The van der Waals surface area contributed by atoms with E-state index in [0.29, 0.717) is 12.4 Å². The Balaban J connectivity index is 2.14. The summed E-state index contributed by atoms with van der Waals surface area (Å²) in [5.41, 5.74) is -0.0833. The smallest absolute Gasteiger partial charge is 0.246 e. The van der Waals surface area contributed by atoms with Crippen molar-refractivity contribution < 1.29 is 9.53 Å². The first-order chi connectivity index (χ1) is 6.87. The van der Waals surface area contributed by atoms with Crippen molar-refractivity contribution in [3.05, 3.63) is 0 Å². The molecule has 0 unspecified atom stereocenters. The third-order valence-electron chi connectivity index (χ3n) is 2.54. The molecule has 15 heavy (non-hydrogen) atoms. The van der Waals surface area contributed by atoms with Gasteiger partial charge in [-0.25, -0.2) is 0 Å². The zero-order valence-corrected chi connectivity index (χ0v) is 10.5. The van der Waals surface area contributed by atoms with Gasteiger partial charge in [0.05, 0.1) is 5.60 Å². The number of amides is 1. The van der Waals surface area contributed by atoms with Crippen LogP contribution in [0.25, 0.3) is 0 Å². The van der Waals surface area contributed by atoms with Crippen LogP contribution >= 0.6 is 11.6 Å². The van der Waals surface area contributed by atoms with E-state index >= 15 is 0 Å². The number of ether oxygens (including phenoxy) is 1. The fourth-order valence-electron chi connectivity index (χ4n) is 1.15. The molecule has 0 aromatic heterocycles. The van der Waals surface area contributed by atoms with Gasteiger partial charge in [0, 0.05) is 17.8 Å². The van der Waals surface area contributed by atoms with E-state index in [-0.39, 0.29) is 23.5 Å². The fraction of sp³-hybridized carbons (Fsp3) is 0.909. The second-order valence-corrected chi connectivity index (χ2v) is 5.58. The molecule has 1 fully saturated rings. The molecule has 3 nitrogen and oxygen atoms in total. The van der Waals surface area contributed by atoms with Crippen molar-refractivity contribution in [3.63, 3.8) is 0 Å². The standard InChI is InChI=1S/C11H20ClNO2/c1-10(2,3)15-6-9(14)13-8-11(7-12)4-5-11/h4-8H2,1-3H3,(H,13,14). The summed E-state index contributed by atoms with van der Waals surface area (Å²) in [5, 5.41) is 2.86. The van der Waals surface area contributed by atoms with Crippen molar-refractivity contribution >= 4 is 17.5 Å². The maximum absolute atomic E-state index is 11.4. The minimum Gasteiger partial charge on any atom is -0.366 e. The molecule has 1 saturated carbocycles. The molecule has 1 aliphatic carbocycles. The second-order valence-electron chi connectivity index (χ2n) is 5.31. The largest absolute Gasteiger partial charge is 0.366 e. The molecule has 0 radical (unpaired) electrons. The molecular formula is C11H20ClNO2. The summed E-state index contributed by atoms with van der Waals surface area (Å²) < 4.78 is 5.37. The number of hydrogen-bond acceptors (Lipinski definition) is 2. The van der Waals surface area contributed by atoms with E-state index in [1.165, 1.54) is 0 Å². The van der Waals surface area contributed by atoms with Gasteiger partial charge in [-0.2, -0.15) is 0 Å². The Bertz CT molecular complexity index is 231. The van der Waals surface area contributed by atoms with Crippen LogP contribution in [0, 0.1) is 5.41 Å². The molecule has 0 bridgehead atoms. The SMILES string of the molecule is CC(C)(C)OCC(=O)NCC1(CCl)CC1. The van der Waals surface area contributed by atoms with E-state index in [4.69, 9.17) is 16.3 Å². The van der Waals surface area contributed by atoms with E-state index < -0.39 is 0 Å². The maximum Gasteiger partial charge on any atom is 0.246 e. The van der Waals surface area contributed by atoms with Crippen molar-refractivity contribution in [1.29, 1.82) is 0 Å². The third kappa shape index (κ3) is 4.85. The lowest BCUT2D eigenvalue weighted by atomic mass is 10.1. The van der Waals surface area contributed by atoms with Gasteiger partial charge < -0.3 is 10.1 Å². The number of hydrogen-bond donors (Lipinski definition) is 1. The van der Waals surface area contributed by atoms with Gasteiger partial charge in [0.15, 0.2) is 0 Å². The first-order valence-corrected chi connectivity index (χ1v) is 5.87. The van der Waals surface area contributed by atoms with Crippen molar-refractivity contribution in [2.45, 2.75) is 39.2 Å². The van der Waals surface area contributed by atoms with Gasteiger partial charge in [-0.15, -0.1) is 11.6 Å². The summed E-state index contributed by atoms with van der Waals surface area (Å²) in [5.74, 6) is 0.578. The van der Waals surface area contributed by atoms with Gasteiger partial charge in [-0.1, -0.05) is 0 Å². The number of carbonyl (C=O) groups excluding carboxylic acids is 1. The number of nitrogens with one attached hydrogen (secondary N) is 1. The van der Waals surface area contributed by atoms with Gasteiger partial charge in [-0.05, 0) is 33.6 Å². The maximum atomic E-state index is 11.4. The first-order valence-electron chi connectivity index (χ1n) is 5.34. The molecule has 1 N–H and O–H groups in total. The Morgan fingerprint density at radius 3 is 2.47 bits per heavy atom. The van der Waals surface area contributed by atoms with Gasteiger partial charge >= 0.3 is 0 Å². The monoisotopic (exact) mass is 233 g/mol. The fourth-order valence-corrected chi connectivity index (χ4v) is 1.52. The van der Waals surface area contributed by atoms with Crippen LogP contribution in [-0.4, -0.2) is 30.5 Å². The molecule has 0 atom stereocenters. The lowest BCUT2D eigenvalue weighted by Gasteiger charge is -2.19. The molecule has 0 spiro atoms. The molecular weight excluding hydrogens is 214 g/mol. The number of alkyl halides is 1. The van der Waals surface area contributed by atoms with E-state index in [2.05, 4.69) is 5.32 Å². The molecule has 4 heteroatoms. The summed E-state index contributed by atoms with van der Waals surface area (Å²) in [7, 11) is 0. The molecule has 1 rings (SSSR count). The topological polar surface area (TPSA) is 38.3 Å². The van der Waals surface area contributed by atoms with Gasteiger partial charge in [0.2, 0.25) is 5.91 Å². The number of halogens is 1. The molecule has 0 aliphatic heterocycles. The van der Waals surface area contributed by atoms with Crippen molar-refractivity contribution in [2.24, 2.45) is 5.41 Å². The Morgan fingerprint density at radius 2 is 2.07 bits per heavy atom. The van der Waals surface area contributed by atoms with E-state index in [1.54, 1.807) is 0 Å². The van der Waals surface area contributed by atoms with Crippen LogP contribution in [0.3, 0.4) is 0 Å². The van der Waals surface area contributed by atoms with Gasteiger partial charge in [0.1, 0.15) is 6.61 Å². The summed E-state index contributed by atoms with van der Waals surface area (Å²) in [6, 6.07) is 0. The third-order valence-corrected chi connectivity index (χ3v) is 3.10. The zero-order chi connectivity index (χ0) is 11.5. The molecule has 0 heterocycles. The summed E-state index contributed by atoms with van der Waals surface area (Å²) >= 11 is 5.81. The van der Waals surface area contributed by atoms with Crippen LogP contribution in [-0.2, 0) is 9.53 Å².